The highest BCUT2D eigenvalue weighted by atomic mass is 16.4. The van der Waals surface area contributed by atoms with Crippen molar-refractivity contribution in [3.05, 3.63) is 29.3 Å². The first kappa shape index (κ1) is 11.0. The van der Waals surface area contributed by atoms with Crippen molar-refractivity contribution < 1.29 is 15.0 Å². The van der Waals surface area contributed by atoms with E-state index in [1.165, 1.54) is 0 Å². The molecule has 0 heterocycles. The van der Waals surface area contributed by atoms with Gasteiger partial charge < -0.3 is 10.2 Å². The van der Waals surface area contributed by atoms with Crippen LogP contribution in [0.25, 0.3) is 0 Å². The number of aryl methyl sites for hydroxylation is 1. The minimum absolute atomic E-state index is 0.109. The fourth-order valence-corrected chi connectivity index (χ4v) is 2.69. The van der Waals surface area contributed by atoms with Gasteiger partial charge in [0.05, 0.1) is 5.92 Å². The van der Waals surface area contributed by atoms with Crippen LogP contribution in [-0.2, 0) is 11.2 Å². The zero-order valence-electron chi connectivity index (χ0n) is 9.31. The summed E-state index contributed by atoms with van der Waals surface area (Å²) in [5.74, 6) is -0.639. The highest BCUT2D eigenvalue weighted by Gasteiger charge is 2.32. The Balaban J connectivity index is 2.32. The van der Waals surface area contributed by atoms with E-state index >= 15 is 0 Å². The number of carboxylic acids is 1. The molecule has 2 atom stereocenters. The lowest BCUT2D eigenvalue weighted by Gasteiger charge is -2.18. The van der Waals surface area contributed by atoms with Crippen molar-refractivity contribution in [3.8, 4) is 5.75 Å². The lowest BCUT2D eigenvalue weighted by Crippen LogP contribution is -2.19. The maximum Gasteiger partial charge on any atom is 0.307 e. The smallest absolute Gasteiger partial charge is 0.307 e. The molecule has 1 aliphatic rings. The van der Waals surface area contributed by atoms with E-state index in [0.29, 0.717) is 6.42 Å². The topological polar surface area (TPSA) is 57.5 Å². The van der Waals surface area contributed by atoms with Crippen LogP contribution in [0.15, 0.2) is 18.2 Å². The van der Waals surface area contributed by atoms with E-state index < -0.39 is 5.97 Å². The molecule has 16 heavy (non-hydrogen) atoms. The average molecular weight is 220 g/mol. The summed E-state index contributed by atoms with van der Waals surface area (Å²) in [6.07, 6.45) is 2.40. The number of carbonyl (C=O) groups is 1. The molecule has 1 aromatic carbocycles. The van der Waals surface area contributed by atoms with Gasteiger partial charge in [-0.15, -0.1) is 0 Å². The van der Waals surface area contributed by atoms with Crippen LogP contribution in [0.2, 0.25) is 0 Å². The third-order valence-corrected chi connectivity index (χ3v) is 3.49. The van der Waals surface area contributed by atoms with Gasteiger partial charge in [-0.2, -0.15) is 0 Å². The Morgan fingerprint density at radius 3 is 2.94 bits per heavy atom. The van der Waals surface area contributed by atoms with Gasteiger partial charge in [-0.05, 0) is 48.4 Å². The minimum Gasteiger partial charge on any atom is -0.508 e. The van der Waals surface area contributed by atoms with Crippen molar-refractivity contribution in [2.45, 2.75) is 32.1 Å². The van der Waals surface area contributed by atoms with Crippen molar-refractivity contribution in [1.29, 1.82) is 0 Å². The molecule has 0 saturated heterocycles. The Morgan fingerprint density at radius 1 is 1.56 bits per heavy atom. The Hall–Kier alpha value is -1.51. The summed E-state index contributed by atoms with van der Waals surface area (Å²) < 4.78 is 0. The van der Waals surface area contributed by atoms with E-state index in [4.69, 9.17) is 5.11 Å². The minimum atomic E-state index is -0.714. The summed E-state index contributed by atoms with van der Waals surface area (Å²) in [6, 6.07) is 5.27. The first-order chi connectivity index (χ1) is 7.63. The molecule has 3 heteroatoms. The number of benzene rings is 1. The highest BCUT2D eigenvalue weighted by molar-refractivity contribution is 5.71. The molecule has 1 aromatic rings. The van der Waals surface area contributed by atoms with Crippen LogP contribution in [0, 0.1) is 5.92 Å². The summed E-state index contributed by atoms with van der Waals surface area (Å²) in [4.78, 5) is 11.1. The van der Waals surface area contributed by atoms with Crippen LogP contribution < -0.4 is 0 Å². The molecule has 0 bridgehead atoms. The van der Waals surface area contributed by atoms with Gasteiger partial charge in [-0.25, -0.2) is 0 Å². The van der Waals surface area contributed by atoms with E-state index in [1.807, 2.05) is 13.0 Å². The number of aliphatic carboxylic acids is 1. The second-order valence-corrected chi connectivity index (χ2v) is 4.38. The fraction of sp³-hybridized carbons (Fsp3) is 0.462. The zero-order valence-corrected chi connectivity index (χ0v) is 9.31. The average Bonchev–Trinajstić information content (AvgIpc) is 2.62. The first-order valence-corrected chi connectivity index (χ1v) is 5.68. The SMILES string of the molecule is CC[C@@H](C(=O)O)[C@@H]1CCc2cc(O)ccc21. The van der Waals surface area contributed by atoms with Crippen molar-refractivity contribution in [3.63, 3.8) is 0 Å². The molecule has 0 amide bonds. The first-order valence-electron chi connectivity index (χ1n) is 5.68. The fourth-order valence-electron chi connectivity index (χ4n) is 2.69. The van der Waals surface area contributed by atoms with E-state index in [-0.39, 0.29) is 17.6 Å². The second kappa shape index (κ2) is 4.16. The molecule has 0 fully saturated rings. The predicted octanol–water partition coefficient (Wildman–Crippen LogP) is 2.53. The predicted molar refractivity (Wildman–Crippen MR) is 60.6 cm³/mol. The van der Waals surface area contributed by atoms with Crippen LogP contribution in [-0.4, -0.2) is 16.2 Å². The van der Waals surface area contributed by atoms with Crippen LogP contribution >= 0.6 is 0 Å². The molecule has 0 spiro atoms. The molecule has 0 unspecified atom stereocenters. The Kier molecular flexibility index (Phi) is 2.86. The molecular weight excluding hydrogens is 204 g/mol. The summed E-state index contributed by atoms with van der Waals surface area (Å²) in [6.45, 7) is 1.91. The third-order valence-electron chi connectivity index (χ3n) is 3.49. The zero-order chi connectivity index (χ0) is 11.7. The molecule has 1 aliphatic carbocycles. The summed E-state index contributed by atoms with van der Waals surface area (Å²) in [7, 11) is 0. The monoisotopic (exact) mass is 220 g/mol. The van der Waals surface area contributed by atoms with Crippen LogP contribution in [0.1, 0.15) is 36.8 Å². The second-order valence-electron chi connectivity index (χ2n) is 4.38. The molecule has 86 valence electrons. The standard InChI is InChI=1S/C13H16O3/c1-2-10(13(15)16)12-5-3-8-7-9(14)4-6-11(8)12/h4,6-7,10,12,14H,2-3,5H2,1H3,(H,15,16)/t10-,12+/m1/s1. The number of carboxylic acid groups (broad SMARTS) is 1. The van der Waals surface area contributed by atoms with Gasteiger partial charge in [0.2, 0.25) is 0 Å². The van der Waals surface area contributed by atoms with Crippen LogP contribution in [0.3, 0.4) is 0 Å². The van der Waals surface area contributed by atoms with Gasteiger partial charge in [0, 0.05) is 0 Å². The molecule has 0 saturated carbocycles. The number of phenols is 1. The molecule has 0 radical (unpaired) electrons. The Morgan fingerprint density at radius 2 is 2.31 bits per heavy atom. The lowest BCUT2D eigenvalue weighted by atomic mass is 9.85. The van der Waals surface area contributed by atoms with E-state index in [0.717, 1.165) is 24.0 Å². The maximum atomic E-state index is 11.1. The largest absolute Gasteiger partial charge is 0.508 e. The third kappa shape index (κ3) is 1.77. The maximum absolute atomic E-state index is 11.1. The van der Waals surface area contributed by atoms with E-state index in [1.54, 1.807) is 12.1 Å². The van der Waals surface area contributed by atoms with Gasteiger partial charge >= 0.3 is 5.97 Å². The van der Waals surface area contributed by atoms with Gasteiger partial charge in [0.1, 0.15) is 5.75 Å². The number of aromatic hydroxyl groups is 1. The highest BCUT2D eigenvalue weighted by Crippen LogP contribution is 2.40. The van der Waals surface area contributed by atoms with Crippen LogP contribution in [0.4, 0.5) is 0 Å². The summed E-state index contributed by atoms with van der Waals surface area (Å²) in [5.41, 5.74) is 2.21. The van der Waals surface area contributed by atoms with E-state index in [2.05, 4.69) is 0 Å². The van der Waals surface area contributed by atoms with Crippen molar-refractivity contribution in [2.75, 3.05) is 0 Å². The Bertz CT molecular complexity index is 412. The molecule has 0 aliphatic heterocycles. The molecule has 3 nitrogen and oxygen atoms in total. The normalized spacial score (nSPS) is 20.4. The Labute approximate surface area is 94.7 Å². The molecular formula is C13H16O3. The number of fused-ring (bicyclic) bond motifs is 1. The molecule has 0 aromatic heterocycles. The van der Waals surface area contributed by atoms with Crippen LogP contribution in [0.5, 0.6) is 5.75 Å². The molecule has 2 N–H and O–H groups in total. The van der Waals surface area contributed by atoms with Gasteiger partial charge in [0.15, 0.2) is 0 Å². The van der Waals surface area contributed by atoms with Gasteiger partial charge in [-0.1, -0.05) is 13.0 Å². The summed E-state index contributed by atoms with van der Waals surface area (Å²) in [5, 5.41) is 18.5. The lowest BCUT2D eigenvalue weighted by molar-refractivity contribution is -0.142. The van der Waals surface area contributed by atoms with Crippen molar-refractivity contribution in [1.82, 2.24) is 0 Å². The van der Waals surface area contributed by atoms with E-state index in [9.17, 15) is 9.90 Å². The van der Waals surface area contributed by atoms with Gasteiger partial charge in [-0.3, -0.25) is 4.79 Å². The van der Waals surface area contributed by atoms with Crippen molar-refractivity contribution in [2.24, 2.45) is 5.92 Å². The number of rotatable bonds is 3. The van der Waals surface area contributed by atoms with Crippen molar-refractivity contribution >= 4 is 5.97 Å². The number of hydrogen-bond acceptors (Lipinski definition) is 2. The number of hydrogen-bond donors (Lipinski definition) is 2. The van der Waals surface area contributed by atoms with Gasteiger partial charge in [0.25, 0.3) is 0 Å². The molecule has 2 rings (SSSR count). The quantitative estimate of drug-likeness (QED) is 0.823. The summed E-state index contributed by atoms with van der Waals surface area (Å²) >= 11 is 0. The number of phenolic OH excluding ortho intramolecular Hbond substituents is 1.